The molecule has 1 heterocycles. The molecule has 0 aliphatic heterocycles. The summed E-state index contributed by atoms with van der Waals surface area (Å²) in [7, 11) is 0. The SMILES string of the molecule is Nc1ccc2sc(C(=O)OF)cc2c1. The Bertz CT molecular complexity index is 495. The van der Waals surface area contributed by atoms with Crippen LogP contribution in [0.5, 0.6) is 0 Å². The molecule has 0 atom stereocenters. The Morgan fingerprint density at radius 2 is 2.21 bits per heavy atom. The second-order valence-electron chi connectivity index (χ2n) is 2.77. The predicted molar refractivity (Wildman–Crippen MR) is 52.8 cm³/mol. The van der Waals surface area contributed by atoms with Crippen LogP contribution in [0.4, 0.5) is 10.2 Å². The van der Waals surface area contributed by atoms with E-state index in [0.717, 1.165) is 10.1 Å². The predicted octanol–water partition coefficient (Wildman–Crippen LogP) is 2.52. The molecule has 2 rings (SSSR count). The Morgan fingerprint density at radius 3 is 2.93 bits per heavy atom. The van der Waals surface area contributed by atoms with E-state index in [4.69, 9.17) is 5.73 Å². The van der Waals surface area contributed by atoms with E-state index >= 15 is 0 Å². The minimum atomic E-state index is -0.968. The first-order valence-electron chi connectivity index (χ1n) is 3.82. The van der Waals surface area contributed by atoms with Crippen LogP contribution >= 0.6 is 11.3 Å². The number of fused-ring (bicyclic) bond motifs is 1. The van der Waals surface area contributed by atoms with E-state index in [1.807, 2.05) is 0 Å². The van der Waals surface area contributed by atoms with Crippen LogP contribution in [0.2, 0.25) is 0 Å². The van der Waals surface area contributed by atoms with Crippen LogP contribution in [0, 0.1) is 0 Å². The number of benzene rings is 1. The Hall–Kier alpha value is -1.62. The van der Waals surface area contributed by atoms with E-state index in [1.54, 1.807) is 24.3 Å². The number of hydrogen-bond donors (Lipinski definition) is 1. The molecular formula is C9H6FNO2S. The molecule has 2 N–H and O–H groups in total. The first-order valence-corrected chi connectivity index (χ1v) is 4.64. The molecule has 2 aromatic rings. The zero-order chi connectivity index (χ0) is 10.1. The highest BCUT2D eigenvalue weighted by Crippen LogP contribution is 2.27. The molecule has 0 aliphatic rings. The summed E-state index contributed by atoms with van der Waals surface area (Å²) >= 11 is 1.17. The average Bonchev–Trinajstić information content (AvgIpc) is 2.59. The normalized spacial score (nSPS) is 10.4. The van der Waals surface area contributed by atoms with Gasteiger partial charge in [-0.05, 0) is 29.7 Å². The fourth-order valence-electron chi connectivity index (χ4n) is 1.20. The minimum absolute atomic E-state index is 0.230. The van der Waals surface area contributed by atoms with Gasteiger partial charge in [-0.3, -0.25) is 0 Å². The smallest absolute Gasteiger partial charge is 0.389 e. The summed E-state index contributed by atoms with van der Waals surface area (Å²) in [4.78, 5) is 14.2. The first-order chi connectivity index (χ1) is 6.70. The molecule has 5 heteroatoms. The Labute approximate surface area is 82.8 Å². The van der Waals surface area contributed by atoms with Crippen LogP contribution in [0.25, 0.3) is 10.1 Å². The largest absolute Gasteiger partial charge is 0.399 e. The van der Waals surface area contributed by atoms with Gasteiger partial charge in [0.05, 0.1) is 0 Å². The molecule has 0 bridgehead atoms. The van der Waals surface area contributed by atoms with Crippen LogP contribution in [-0.4, -0.2) is 5.97 Å². The van der Waals surface area contributed by atoms with Crippen LogP contribution < -0.4 is 5.73 Å². The molecule has 14 heavy (non-hydrogen) atoms. The van der Waals surface area contributed by atoms with Gasteiger partial charge in [-0.15, -0.1) is 11.3 Å². The molecule has 72 valence electrons. The quantitative estimate of drug-likeness (QED) is 0.737. The summed E-state index contributed by atoms with van der Waals surface area (Å²) in [5.41, 5.74) is 6.16. The highest BCUT2D eigenvalue weighted by molar-refractivity contribution is 7.20. The van der Waals surface area contributed by atoms with Crippen molar-refractivity contribution in [2.75, 3.05) is 5.73 Å². The number of hydrogen-bond acceptors (Lipinski definition) is 4. The molecule has 1 aromatic heterocycles. The topological polar surface area (TPSA) is 52.3 Å². The molecule has 0 radical (unpaired) electrons. The lowest BCUT2D eigenvalue weighted by Crippen LogP contribution is -1.93. The van der Waals surface area contributed by atoms with Crippen molar-refractivity contribution in [1.82, 2.24) is 0 Å². The van der Waals surface area contributed by atoms with Gasteiger partial charge >= 0.3 is 5.97 Å². The van der Waals surface area contributed by atoms with Gasteiger partial charge in [0.2, 0.25) is 0 Å². The van der Waals surface area contributed by atoms with Crippen molar-refractivity contribution in [2.24, 2.45) is 0 Å². The number of nitrogens with two attached hydrogens (primary N) is 1. The zero-order valence-electron chi connectivity index (χ0n) is 6.99. The molecular weight excluding hydrogens is 205 g/mol. The molecule has 0 saturated heterocycles. The third kappa shape index (κ3) is 1.42. The number of nitrogen functional groups attached to an aromatic ring is 1. The van der Waals surface area contributed by atoms with E-state index in [2.05, 4.69) is 4.94 Å². The van der Waals surface area contributed by atoms with Crippen molar-refractivity contribution in [1.29, 1.82) is 0 Å². The van der Waals surface area contributed by atoms with Crippen molar-refractivity contribution in [3.63, 3.8) is 0 Å². The average molecular weight is 211 g/mol. The summed E-state index contributed by atoms with van der Waals surface area (Å²) in [6.07, 6.45) is 0. The third-order valence-corrected chi connectivity index (χ3v) is 2.91. The van der Waals surface area contributed by atoms with Gasteiger partial charge in [0.1, 0.15) is 4.88 Å². The fraction of sp³-hybridized carbons (Fsp3) is 0. The number of carbonyl (C=O) groups excluding carboxylic acids is 1. The maximum atomic E-state index is 11.6. The maximum Gasteiger partial charge on any atom is 0.389 e. The highest BCUT2D eigenvalue weighted by atomic mass is 32.1. The second-order valence-corrected chi connectivity index (χ2v) is 3.86. The molecule has 0 fully saturated rings. The molecule has 3 nitrogen and oxygen atoms in total. The van der Waals surface area contributed by atoms with Gasteiger partial charge in [-0.2, -0.15) is 0 Å². The molecule has 0 amide bonds. The molecule has 1 aromatic carbocycles. The van der Waals surface area contributed by atoms with Gasteiger partial charge in [0.25, 0.3) is 0 Å². The minimum Gasteiger partial charge on any atom is -0.399 e. The standard InChI is InChI=1S/C9H6FNO2S/c10-13-9(12)8-4-5-3-6(11)1-2-7(5)14-8/h1-4H,11H2. The van der Waals surface area contributed by atoms with E-state index < -0.39 is 5.97 Å². The van der Waals surface area contributed by atoms with Crippen molar-refractivity contribution in [2.45, 2.75) is 0 Å². The zero-order valence-corrected chi connectivity index (χ0v) is 7.81. The van der Waals surface area contributed by atoms with Gasteiger partial charge in [0, 0.05) is 14.9 Å². The Balaban J connectivity index is 2.56. The Kier molecular flexibility index (Phi) is 2.09. The number of anilines is 1. The van der Waals surface area contributed by atoms with Gasteiger partial charge in [0.15, 0.2) is 0 Å². The van der Waals surface area contributed by atoms with E-state index in [0.29, 0.717) is 5.69 Å². The second kappa shape index (κ2) is 3.26. The number of halogens is 1. The van der Waals surface area contributed by atoms with Gasteiger partial charge in [-0.1, -0.05) is 0 Å². The van der Waals surface area contributed by atoms with Crippen molar-refractivity contribution >= 4 is 33.1 Å². The Morgan fingerprint density at radius 1 is 1.43 bits per heavy atom. The van der Waals surface area contributed by atoms with Gasteiger partial charge in [-0.25, -0.2) is 9.74 Å². The summed E-state index contributed by atoms with van der Waals surface area (Å²) in [5.74, 6) is -0.968. The van der Waals surface area contributed by atoms with Crippen LogP contribution in [0.15, 0.2) is 24.3 Å². The van der Waals surface area contributed by atoms with E-state index in [-0.39, 0.29) is 4.88 Å². The van der Waals surface area contributed by atoms with Crippen molar-refractivity contribution < 1.29 is 14.3 Å². The van der Waals surface area contributed by atoms with Crippen LogP contribution in [0.3, 0.4) is 0 Å². The summed E-state index contributed by atoms with van der Waals surface area (Å²) in [6.45, 7) is 0. The lowest BCUT2D eigenvalue weighted by Gasteiger charge is -1.90. The monoisotopic (exact) mass is 211 g/mol. The number of carbonyl (C=O) groups is 1. The lowest BCUT2D eigenvalue weighted by molar-refractivity contribution is -0.0783. The molecule has 0 aliphatic carbocycles. The van der Waals surface area contributed by atoms with Crippen LogP contribution in [-0.2, 0) is 4.94 Å². The van der Waals surface area contributed by atoms with Crippen molar-refractivity contribution in [3.8, 4) is 0 Å². The van der Waals surface area contributed by atoms with Crippen molar-refractivity contribution in [3.05, 3.63) is 29.1 Å². The molecule has 0 spiro atoms. The van der Waals surface area contributed by atoms with E-state index in [1.165, 1.54) is 11.3 Å². The summed E-state index contributed by atoms with van der Waals surface area (Å²) in [6, 6.07) is 6.78. The molecule has 0 unspecified atom stereocenters. The maximum absolute atomic E-state index is 11.6. The summed E-state index contributed by atoms with van der Waals surface area (Å²) in [5, 5.41) is 0.815. The van der Waals surface area contributed by atoms with Gasteiger partial charge < -0.3 is 5.73 Å². The number of rotatable bonds is 1. The molecule has 0 saturated carbocycles. The third-order valence-electron chi connectivity index (χ3n) is 1.81. The fourth-order valence-corrected chi connectivity index (χ4v) is 2.11. The van der Waals surface area contributed by atoms with Crippen LogP contribution in [0.1, 0.15) is 9.67 Å². The summed E-state index contributed by atoms with van der Waals surface area (Å²) < 4.78 is 12.5. The van der Waals surface area contributed by atoms with E-state index in [9.17, 15) is 9.32 Å². The highest BCUT2D eigenvalue weighted by Gasteiger charge is 2.11. The first kappa shape index (κ1) is 8.96. The number of thiophene rings is 1. The lowest BCUT2D eigenvalue weighted by atomic mass is 10.2.